The lowest BCUT2D eigenvalue weighted by Crippen LogP contribution is -2.00. The van der Waals surface area contributed by atoms with Crippen LogP contribution in [0.25, 0.3) is 22.6 Å². The van der Waals surface area contributed by atoms with Gasteiger partial charge < -0.3 is 0 Å². The molecule has 0 saturated heterocycles. The van der Waals surface area contributed by atoms with Crippen molar-refractivity contribution in [3.8, 4) is 0 Å². The zero-order valence-electron chi connectivity index (χ0n) is 15.6. The topological polar surface area (TPSA) is 61.4 Å². The van der Waals surface area contributed by atoms with E-state index in [9.17, 15) is 0 Å². The second kappa shape index (κ2) is 6.76. The minimum absolute atomic E-state index is 0.718. The Hall–Kier alpha value is -3.19. The molecule has 1 aliphatic heterocycles. The van der Waals surface area contributed by atoms with Gasteiger partial charge in [0.05, 0.1) is 11.7 Å². The number of pyridine rings is 1. The summed E-state index contributed by atoms with van der Waals surface area (Å²) in [5.74, 6) is 0.859. The molecule has 5 rings (SSSR count). The smallest absolute Gasteiger partial charge is 0.196 e. The molecule has 7 heteroatoms. The van der Waals surface area contributed by atoms with Gasteiger partial charge in [0, 0.05) is 41.8 Å². The van der Waals surface area contributed by atoms with E-state index in [0.717, 1.165) is 39.6 Å². The fourth-order valence-corrected chi connectivity index (χ4v) is 4.25. The molecule has 1 aliphatic rings. The molecule has 28 heavy (non-hydrogen) atoms. The molecular formula is C21H18N6S. The quantitative estimate of drug-likeness (QED) is 0.530. The maximum absolute atomic E-state index is 4.44. The van der Waals surface area contributed by atoms with E-state index in [1.165, 1.54) is 10.5 Å². The van der Waals surface area contributed by atoms with Crippen LogP contribution < -0.4 is 0 Å². The van der Waals surface area contributed by atoms with E-state index in [1.807, 2.05) is 42.5 Å². The summed E-state index contributed by atoms with van der Waals surface area (Å²) >= 11 is 1.64. The molecule has 0 amide bonds. The molecule has 0 unspecified atom stereocenters. The number of aryl methyl sites for hydroxylation is 2. The van der Waals surface area contributed by atoms with E-state index < -0.39 is 0 Å². The average molecular weight is 386 g/mol. The molecule has 1 aromatic carbocycles. The van der Waals surface area contributed by atoms with Crippen molar-refractivity contribution >= 4 is 34.3 Å². The van der Waals surface area contributed by atoms with Crippen LogP contribution in [0.4, 0.5) is 0 Å². The first-order valence-electron chi connectivity index (χ1n) is 9.01. The fraction of sp³-hybridized carbons (Fsp3) is 0.143. The zero-order valence-corrected chi connectivity index (χ0v) is 16.4. The van der Waals surface area contributed by atoms with Gasteiger partial charge in [0.15, 0.2) is 11.0 Å². The van der Waals surface area contributed by atoms with Crippen LogP contribution in [0.3, 0.4) is 0 Å². The van der Waals surface area contributed by atoms with Gasteiger partial charge in [0.1, 0.15) is 0 Å². The molecule has 0 bridgehead atoms. The predicted molar refractivity (Wildman–Crippen MR) is 111 cm³/mol. The van der Waals surface area contributed by atoms with Gasteiger partial charge >= 0.3 is 0 Å². The molecule has 3 aromatic heterocycles. The van der Waals surface area contributed by atoms with Crippen LogP contribution in [0.15, 0.2) is 65.1 Å². The van der Waals surface area contributed by atoms with Crippen molar-refractivity contribution in [3.63, 3.8) is 0 Å². The zero-order chi connectivity index (χ0) is 19.1. The Kier molecular flexibility index (Phi) is 4.09. The number of hydrogen-bond acceptors (Lipinski definition) is 5. The molecule has 6 nitrogen and oxygen atoms in total. The van der Waals surface area contributed by atoms with Crippen molar-refractivity contribution in [3.05, 3.63) is 72.0 Å². The average Bonchev–Trinajstić information content (AvgIpc) is 3.22. The molecule has 0 radical (unpaired) electrons. The van der Waals surface area contributed by atoms with Crippen molar-refractivity contribution in [1.29, 1.82) is 0 Å². The Morgan fingerprint density at radius 3 is 2.93 bits per heavy atom. The summed E-state index contributed by atoms with van der Waals surface area (Å²) in [5.41, 5.74) is 4.44. The first kappa shape index (κ1) is 16.9. The maximum atomic E-state index is 4.44. The van der Waals surface area contributed by atoms with Crippen LogP contribution in [0.1, 0.15) is 17.0 Å². The molecule has 0 N–H and O–H groups in total. The normalized spacial score (nSPS) is 13.4. The lowest BCUT2D eigenvalue weighted by molar-refractivity contribution is 0.720. The standard InChI is InChI=1S/C21H18N6S/c1-14-10-18-16(4-3-8-22-18)11-19(14)28-21-25-24-20-6-5-15(7-9-27(20)21)17-12-23-26(2)13-17/h3-8,10-13H,9H2,1-2H3. The van der Waals surface area contributed by atoms with E-state index in [-0.39, 0.29) is 0 Å². The highest BCUT2D eigenvalue weighted by Gasteiger charge is 2.15. The minimum atomic E-state index is 0.718. The lowest BCUT2D eigenvalue weighted by atomic mass is 10.1. The van der Waals surface area contributed by atoms with Crippen LogP contribution >= 0.6 is 11.8 Å². The van der Waals surface area contributed by atoms with Gasteiger partial charge in [-0.2, -0.15) is 5.10 Å². The predicted octanol–water partition coefficient (Wildman–Crippen LogP) is 4.13. The number of benzene rings is 1. The monoisotopic (exact) mass is 386 g/mol. The van der Waals surface area contributed by atoms with Crippen LogP contribution in [0.2, 0.25) is 0 Å². The highest BCUT2D eigenvalue weighted by molar-refractivity contribution is 7.99. The molecule has 0 saturated carbocycles. The Morgan fingerprint density at radius 1 is 1.14 bits per heavy atom. The number of fused-ring (bicyclic) bond motifs is 2. The van der Waals surface area contributed by atoms with Crippen molar-refractivity contribution in [1.82, 2.24) is 29.5 Å². The summed E-state index contributed by atoms with van der Waals surface area (Å²) in [6.45, 7) is 2.83. The third-order valence-corrected chi connectivity index (χ3v) is 5.93. The third-order valence-electron chi connectivity index (χ3n) is 4.79. The largest absolute Gasteiger partial charge is 0.298 e. The summed E-state index contributed by atoms with van der Waals surface area (Å²) in [6.07, 6.45) is 12.0. The van der Waals surface area contributed by atoms with E-state index in [2.05, 4.69) is 62.1 Å². The molecule has 0 atom stereocenters. The minimum Gasteiger partial charge on any atom is -0.298 e. The molecule has 4 aromatic rings. The number of hydrogen-bond donors (Lipinski definition) is 0. The summed E-state index contributed by atoms with van der Waals surface area (Å²) in [4.78, 5) is 5.60. The molecule has 0 spiro atoms. The fourth-order valence-electron chi connectivity index (χ4n) is 3.29. The first-order valence-corrected chi connectivity index (χ1v) is 9.83. The van der Waals surface area contributed by atoms with Crippen molar-refractivity contribution < 1.29 is 0 Å². The summed E-state index contributed by atoms with van der Waals surface area (Å²) in [6, 6.07) is 8.34. The number of rotatable bonds is 3. The lowest BCUT2D eigenvalue weighted by Gasteiger charge is -2.08. The summed E-state index contributed by atoms with van der Waals surface area (Å²) < 4.78 is 3.95. The van der Waals surface area contributed by atoms with Crippen LogP contribution in [0, 0.1) is 6.92 Å². The van der Waals surface area contributed by atoms with Gasteiger partial charge in [-0.3, -0.25) is 14.2 Å². The van der Waals surface area contributed by atoms with Gasteiger partial charge in [0.25, 0.3) is 0 Å². The maximum Gasteiger partial charge on any atom is 0.196 e. The van der Waals surface area contributed by atoms with E-state index in [0.29, 0.717) is 0 Å². The molecule has 138 valence electrons. The summed E-state index contributed by atoms with van der Waals surface area (Å²) in [7, 11) is 1.93. The molecule has 0 fully saturated rings. The highest BCUT2D eigenvalue weighted by Crippen LogP contribution is 2.33. The van der Waals surface area contributed by atoms with Crippen molar-refractivity contribution in [2.45, 2.75) is 23.5 Å². The SMILES string of the molecule is Cc1cc2ncccc2cc1Sc1nnc2n1CC=C(c1cnn(C)c1)C=C2. The second-order valence-electron chi connectivity index (χ2n) is 6.76. The van der Waals surface area contributed by atoms with Crippen LogP contribution in [-0.2, 0) is 13.6 Å². The Bertz CT molecular complexity index is 1250. The Morgan fingerprint density at radius 2 is 2.07 bits per heavy atom. The summed E-state index contributed by atoms with van der Waals surface area (Å²) in [5, 5.41) is 15.1. The van der Waals surface area contributed by atoms with Crippen LogP contribution in [-0.4, -0.2) is 29.5 Å². The van der Waals surface area contributed by atoms with E-state index >= 15 is 0 Å². The molecule has 0 aliphatic carbocycles. The van der Waals surface area contributed by atoms with Crippen LogP contribution in [0.5, 0.6) is 0 Å². The second-order valence-corrected chi connectivity index (χ2v) is 7.77. The Labute approximate surface area is 166 Å². The number of allylic oxidation sites excluding steroid dienone is 3. The number of nitrogens with zero attached hydrogens (tertiary/aromatic N) is 6. The van der Waals surface area contributed by atoms with E-state index in [4.69, 9.17) is 0 Å². The van der Waals surface area contributed by atoms with E-state index in [1.54, 1.807) is 11.8 Å². The molecule has 4 heterocycles. The van der Waals surface area contributed by atoms with Gasteiger partial charge in [-0.1, -0.05) is 18.2 Å². The van der Waals surface area contributed by atoms with Gasteiger partial charge in [-0.05, 0) is 54.1 Å². The highest BCUT2D eigenvalue weighted by atomic mass is 32.2. The Balaban J connectivity index is 1.47. The number of aromatic nitrogens is 6. The van der Waals surface area contributed by atoms with Gasteiger partial charge in [-0.25, -0.2) is 0 Å². The van der Waals surface area contributed by atoms with Gasteiger partial charge in [0.2, 0.25) is 0 Å². The van der Waals surface area contributed by atoms with Gasteiger partial charge in [-0.15, -0.1) is 10.2 Å². The molecular weight excluding hydrogens is 368 g/mol. The van der Waals surface area contributed by atoms with Crippen molar-refractivity contribution in [2.24, 2.45) is 7.05 Å². The third kappa shape index (κ3) is 3.03. The first-order chi connectivity index (χ1) is 13.7. The van der Waals surface area contributed by atoms with Crippen molar-refractivity contribution in [2.75, 3.05) is 0 Å².